The first kappa shape index (κ1) is 30.6. The monoisotopic (exact) mass is 509 g/mol. The average molecular weight is 510 g/mol. The predicted octanol–water partition coefficient (Wildman–Crippen LogP) is 4.62. The molecule has 0 spiro atoms. The first-order chi connectivity index (χ1) is 15.9. The summed E-state index contributed by atoms with van der Waals surface area (Å²) >= 11 is 1.55. The number of aromatic hydroxyl groups is 1. The van der Waals surface area contributed by atoms with Crippen LogP contribution in [-0.4, -0.2) is 62.6 Å². The zero-order chi connectivity index (χ0) is 27.2. The van der Waals surface area contributed by atoms with Gasteiger partial charge >= 0.3 is 6.09 Å². The van der Waals surface area contributed by atoms with Gasteiger partial charge in [-0.1, -0.05) is 12.1 Å². The van der Waals surface area contributed by atoms with Crippen molar-refractivity contribution >= 4 is 29.7 Å². The van der Waals surface area contributed by atoms with E-state index in [0.717, 1.165) is 0 Å². The van der Waals surface area contributed by atoms with Gasteiger partial charge in [-0.05, 0) is 98.4 Å². The molecule has 0 aliphatic rings. The standard InChI is InChI=1S/C26H43N3O5S/c1-24(2,3)28-21(31)20(17-12-11-13-18(30)16-17)29(25(4,5)6)22(32)19(14-15-35-10)27-23(33)34-26(7,8)9/h11-13,16,19-20,30H,14-15H2,1-10H3,(H,27,33)(H,28,31). The van der Waals surface area contributed by atoms with Gasteiger partial charge in [0.15, 0.2) is 0 Å². The van der Waals surface area contributed by atoms with Gasteiger partial charge in [-0.25, -0.2) is 4.79 Å². The maximum Gasteiger partial charge on any atom is 0.408 e. The lowest BCUT2D eigenvalue weighted by Gasteiger charge is -2.43. The van der Waals surface area contributed by atoms with Crippen LogP contribution in [0.25, 0.3) is 0 Å². The number of nitrogens with one attached hydrogen (secondary N) is 2. The molecule has 9 heteroatoms. The minimum absolute atomic E-state index is 0.0109. The van der Waals surface area contributed by atoms with E-state index in [1.807, 2.05) is 47.8 Å². The summed E-state index contributed by atoms with van der Waals surface area (Å²) in [5.41, 5.74) is -1.60. The largest absolute Gasteiger partial charge is 0.508 e. The minimum Gasteiger partial charge on any atom is -0.508 e. The van der Waals surface area contributed by atoms with Crippen molar-refractivity contribution in [3.63, 3.8) is 0 Å². The molecule has 3 N–H and O–H groups in total. The Morgan fingerprint density at radius 3 is 2.11 bits per heavy atom. The Labute approximate surface area is 214 Å². The van der Waals surface area contributed by atoms with Crippen LogP contribution >= 0.6 is 11.8 Å². The normalized spacial score (nSPS) is 14.0. The van der Waals surface area contributed by atoms with Crippen molar-refractivity contribution in [3.8, 4) is 5.75 Å². The Morgan fingerprint density at radius 2 is 1.66 bits per heavy atom. The Hall–Kier alpha value is -2.42. The number of benzene rings is 1. The second kappa shape index (κ2) is 12.0. The van der Waals surface area contributed by atoms with E-state index in [2.05, 4.69) is 10.6 Å². The Balaban J connectivity index is 3.56. The van der Waals surface area contributed by atoms with Gasteiger partial charge in [0.25, 0.3) is 0 Å². The number of thioether (sulfide) groups is 1. The molecule has 2 unspecified atom stereocenters. The van der Waals surface area contributed by atoms with E-state index < -0.39 is 40.8 Å². The predicted molar refractivity (Wildman–Crippen MR) is 141 cm³/mol. The molecule has 1 rings (SSSR count). The summed E-state index contributed by atoms with van der Waals surface area (Å²) < 4.78 is 5.40. The fourth-order valence-electron chi connectivity index (χ4n) is 3.51. The minimum atomic E-state index is -1.04. The van der Waals surface area contributed by atoms with Crippen LogP contribution in [0.4, 0.5) is 4.79 Å². The molecule has 0 aliphatic heterocycles. The highest BCUT2D eigenvalue weighted by atomic mass is 32.2. The van der Waals surface area contributed by atoms with Gasteiger partial charge in [0, 0.05) is 11.1 Å². The van der Waals surface area contributed by atoms with E-state index >= 15 is 0 Å². The van der Waals surface area contributed by atoms with Gasteiger partial charge in [0.05, 0.1) is 0 Å². The highest BCUT2D eigenvalue weighted by Crippen LogP contribution is 2.32. The highest BCUT2D eigenvalue weighted by Gasteiger charge is 2.42. The molecular formula is C26H43N3O5S. The first-order valence-electron chi connectivity index (χ1n) is 11.8. The molecule has 0 saturated heterocycles. The van der Waals surface area contributed by atoms with E-state index in [0.29, 0.717) is 17.7 Å². The third-order valence-corrected chi connectivity index (χ3v) is 5.39. The van der Waals surface area contributed by atoms with Crippen molar-refractivity contribution in [2.45, 2.75) is 97.5 Å². The molecule has 8 nitrogen and oxygen atoms in total. The number of rotatable bonds is 8. The summed E-state index contributed by atoms with van der Waals surface area (Å²) in [6.07, 6.45) is 1.58. The van der Waals surface area contributed by atoms with E-state index in [1.165, 1.54) is 17.0 Å². The number of phenols is 1. The fourth-order valence-corrected chi connectivity index (χ4v) is 3.98. The number of amides is 3. The lowest BCUT2D eigenvalue weighted by atomic mass is 9.94. The molecule has 0 bridgehead atoms. The second-order valence-corrected chi connectivity index (χ2v) is 12.6. The molecule has 0 heterocycles. The number of nitrogens with zero attached hydrogens (tertiary/aromatic N) is 1. The molecule has 1 aromatic carbocycles. The molecular weight excluding hydrogens is 466 g/mol. The van der Waals surface area contributed by atoms with Crippen LogP contribution in [0.15, 0.2) is 24.3 Å². The van der Waals surface area contributed by atoms with Crippen LogP contribution in [0.2, 0.25) is 0 Å². The Morgan fingerprint density at radius 1 is 1.06 bits per heavy atom. The van der Waals surface area contributed by atoms with Crippen LogP contribution in [-0.2, 0) is 14.3 Å². The number of carbonyl (C=O) groups is 3. The molecule has 35 heavy (non-hydrogen) atoms. The first-order valence-corrected chi connectivity index (χ1v) is 13.2. The molecule has 198 valence electrons. The van der Waals surface area contributed by atoms with Gasteiger partial charge in [0.1, 0.15) is 23.4 Å². The average Bonchev–Trinajstić information content (AvgIpc) is 2.64. The topological polar surface area (TPSA) is 108 Å². The van der Waals surface area contributed by atoms with Crippen LogP contribution in [0.1, 0.15) is 80.3 Å². The lowest BCUT2D eigenvalue weighted by molar-refractivity contribution is -0.149. The van der Waals surface area contributed by atoms with E-state index in [4.69, 9.17) is 4.74 Å². The third-order valence-electron chi connectivity index (χ3n) is 4.75. The smallest absolute Gasteiger partial charge is 0.408 e. The van der Waals surface area contributed by atoms with Gasteiger partial charge in [-0.2, -0.15) is 11.8 Å². The molecule has 0 saturated carbocycles. The van der Waals surface area contributed by atoms with Crippen molar-refractivity contribution < 1.29 is 24.2 Å². The second-order valence-electron chi connectivity index (χ2n) is 11.6. The Bertz CT molecular complexity index is 884. The van der Waals surface area contributed by atoms with E-state index in [9.17, 15) is 19.5 Å². The van der Waals surface area contributed by atoms with Crippen LogP contribution in [0.5, 0.6) is 5.75 Å². The number of phenolic OH excluding ortho intramolecular Hbond substituents is 1. The molecule has 2 atom stereocenters. The number of ether oxygens (including phenoxy) is 1. The maximum absolute atomic E-state index is 14.1. The molecule has 0 aliphatic carbocycles. The number of hydrogen-bond donors (Lipinski definition) is 3. The number of hydrogen-bond acceptors (Lipinski definition) is 6. The highest BCUT2D eigenvalue weighted by molar-refractivity contribution is 7.98. The van der Waals surface area contributed by atoms with Gasteiger partial charge in [-0.15, -0.1) is 0 Å². The van der Waals surface area contributed by atoms with Gasteiger partial charge in [-0.3, -0.25) is 9.59 Å². The lowest BCUT2D eigenvalue weighted by Crippen LogP contribution is -2.59. The van der Waals surface area contributed by atoms with Crippen molar-refractivity contribution in [3.05, 3.63) is 29.8 Å². The summed E-state index contributed by atoms with van der Waals surface area (Å²) in [4.78, 5) is 41.8. The zero-order valence-electron chi connectivity index (χ0n) is 22.8. The SMILES string of the molecule is CSCCC(NC(=O)OC(C)(C)C)C(=O)N(C(C(=O)NC(C)(C)C)c1cccc(O)c1)C(C)(C)C. The molecule has 0 fully saturated rings. The van der Waals surface area contributed by atoms with Crippen LogP contribution < -0.4 is 10.6 Å². The quantitative estimate of drug-likeness (QED) is 0.472. The fraction of sp³-hybridized carbons (Fsp3) is 0.654. The summed E-state index contributed by atoms with van der Waals surface area (Å²) in [5, 5.41) is 15.8. The zero-order valence-corrected chi connectivity index (χ0v) is 23.6. The number of carbonyl (C=O) groups excluding carboxylic acids is 3. The molecule has 0 radical (unpaired) electrons. The molecule has 3 amide bonds. The van der Waals surface area contributed by atoms with Crippen molar-refractivity contribution in [1.82, 2.24) is 15.5 Å². The third kappa shape index (κ3) is 10.4. The molecule has 0 aromatic heterocycles. The van der Waals surface area contributed by atoms with Crippen molar-refractivity contribution in [1.29, 1.82) is 0 Å². The summed E-state index contributed by atoms with van der Waals surface area (Å²) in [6, 6.07) is 4.40. The van der Waals surface area contributed by atoms with Gasteiger partial charge in [0.2, 0.25) is 11.8 Å². The van der Waals surface area contributed by atoms with Crippen molar-refractivity contribution in [2.24, 2.45) is 0 Å². The van der Waals surface area contributed by atoms with Crippen molar-refractivity contribution in [2.75, 3.05) is 12.0 Å². The summed E-state index contributed by atoms with van der Waals surface area (Å²) in [6.45, 7) is 16.3. The Kier molecular flexibility index (Phi) is 10.5. The number of alkyl carbamates (subject to hydrolysis) is 1. The van der Waals surface area contributed by atoms with Crippen LogP contribution in [0, 0.1) is 0 Å². The summed E-state index contributed by atoms with van der Waals surface area (Å²) in [5.74, 6) is -0.180. The molecule has 1 aromatic rings. The van der Waals surface area contributed by atoms with Crippen LogP contribution in [0.3, 0.4) is 0 Å². The van der Waals surface area contributed by atoms with E-state index in [-0.39, 0.29) is 11.7 Å². The maximum atomic E-state index is 14.1. The van der Waals surface area contributed by atoms with E-state index in [1.54, 1.807) is 44.7 Å². The van der Waals surface area contributed by atoms with Gasteiger partial charge < -0.3 is 25.4 Å². The summed E-state index contributed by atoms with van der Waals surface area (Å²) in [7, 11) is 0.